The highest BCUT2D eigenvalue weighted by Crippen LogP contribution is 2.65. The molecule has 12 aromatic carbocycles. The van der Waals surface area contributed by atoms with Gasteiger partial charge in [0.25, 0.3) is 0 Å². The van der Waals surface area contributed by atoms with Crippen LogP contribution in [0.1, 0.15) is 22.3 Å². The van der Waals surface area contributed by atoms with Crippen molar-refractivity contribution in [2.24, 2.45) is 0 Å². The molecule has 0 heterocycles. The normalized spacial score (nSPS) is 13.2. The Morgan fingerprint density at radius 1 is 0.206 bits per heavy atom. The second kappa shape index (κ2) is 13.0. The van der Waals surface area contributed by atoms with Crippen LogP contribution >= 0.6 is 0 Å². The fourth-order valence-corrected chi connectivity index (χ4v) is 12.0. The zero-order valence-corrected chi connectivity index (χ0v) is 34.4. The van der Waals surface area contributed by atoms with Crippen molar-refractivity contribution in [3.05, 3.63) is 253 Å². The predicted octanol–water partition coefficient (Wildman–Crippen LogP) is 16.8. The third-order valence-electron chi connectivity index (χ3n) is 14.4. The van der Waals surface area contributed by atoms with Crippen molar-refractivity contribution in [1.82, 2.24) is 0 Å². The topological polar surface area (TPSA) is 0 Å². The van der Waals surface area contributed by atoms with Crippen molar-refractivity contribution in [3.63, 3.8) is 0 Å². The molecule has 0 radical (unpaired) electrons. The van der Waals surface area contributed by atoms with E-state index in [1.807, 2.05) is 0 Å². The lowest BCUT2D eigenvalue weighted by molar-refractivity contribution is 0.795. The van der Waals surface area contributed by atoms with Crippen LogP contribution in [-0.4, -0.2) is 0 Å². The van der Waals surface area contributed by atoms with Gasteiger partial charge in [0.2, 0.25) is 0 Å². The van der Waals surface area contributed by atoms with E-state index in [9.17, 15) is 0 Å². The van der Waals surface area contributed by atoms with Gasteiger partial charge in [-0.3, -0.25) is 0 Å². The molecule has 0 nitrogen and oxygen atoms in total. The van der Waals surface area contributed by atoms with E-state index in [0.29, 0.717) is 0 Å². The Morgan fingerprint density at radius 3 is 1.32 bits per heavy atom. The molecule has 2 aliphatic carbocycles. The van der Waals surface area contributed by atoms with Gasteiger partial charge in [-0.25, -0.2) is 0 Å². The molecule has 0 amide bonds. The van der Waals surface area contributed by atoms with Crippen LogP contribution in [0.15, 0.2) is 231 Å². The van der Waals surface area contributed by atoms with Crippen molar-refractivity contribution in [1.29, 1.82) is 0 Å². The van der Waals surface area contributed by atoms with Gasteiger partial charge < -0.3 is 0 Å². The van der Waals surface area contributed by atoms with Gasteiger partial charge in [-0.2, -0.15) is 0 Å². The summed E-state index contributed by atoms with van der Waals surface area (Å²) in [4.78, 5) is 0. The molecule has 0 aromatic heterocycles. The summed E-state index contributed by atoms with van der Waals surface area (Å²) >= 11 is 0. The first-order valence-corrected chi connectivity index (χ1v) is 22.1. The van der Waals surface area contributed by atoms with Gasteiger partial charge in [0.15, 0.2) is 0 Å². The fraction of sp³-hybridized carbons (Fsp3) is 0.0159. The highest BCUT2D eigenvalue weighted by atomic mass is 14.5. The van der Waals surface area contributed by atoms with Crippen molar-refractivity contribution >= 4 is 53.9 Å². The highest BCUT2D eigenvalue weighted by Gasteiger charge is 2.52. The molecule has 63 heavy (non-hydrogen) atoms. The monoisotopic (exact) mass is 794 g/mol. The first-order valence-electron chi connectivity index (χ1n) is 22.1. The summed E-state index contributed by atoms with van der Waals surface area (Å²) < 4.78 is 0. The number of fused-ring (bicyclic) bond motifs is 17. The van der Waals surface area contributed by atoms with Gasteiger partial charge in [-0.05, 0) is 144 Å². The Bertz CT molecular complexity index is 3810. The third-order valence-corrected chi connectivity index (χ3v) is 14.4. The molecular formula is C63H38. The van der Waals surface area contributed by atoms with Crippen LogP contribution < -0.4 is 0 Å². The summed E-state index contributed by atoms with van der Waals surface area (Å²) in [7, 11) is 0. The lowest BCUT2D eigenvalue weighted by Crippen LogP contribution is -2.26. The molecule has 0 unspecified atom stereocenters. The minimum absolute atomic E-state index is 0.470. The van der Waals surface area contributed by atoms with Crippen molar-refractivity contribution in [2.75, 3.05) is 0 Å². The van der Waals surface area contributed by atoms with Crippen molar-refractivity contribution in [3.8, 4) is 55.6 Å². The van der Waals surface area contributed by atoms with Gasteiger partial charge in [0.05, 0.1) is 5.41 Å². The first kappa shape index (κ1) is 34.6. The minimum atomic E-state index is -0.470. The van der Waals surface area contributed by atoms with Gasteiger partial charge in [-0.1, -0.05) is 218 Å². The van der Waals surface area contributed by atoms with Crippen molar-refractivity contribution < 1.29 is 0 Å². The van der Waals surface area contributed by atoms with E-state index >= 15 is 0 Å². The Hall–Kier alpha value is -8.06. The SMILES string of the molecule is c1cc(-c2cc3c(c4ccccc24)-c2c(ccc4ccccc24)C32c3ccccc3-c3ccccc32)cc(-c2c3ccccc3c(-c3cccc4ccccc34)c3ccccc23)c1. The molecule has 0 fully saturated rings. The molecule has 290 valence electrons. The number of benzene rings is 12. The Kier molecular flexibility index (Phi) is 7.13. The van der Waals surface area contributed by atoms with E-state index in [1.54, 1.807) is 0 Å². The predicted molar refractivity (Wildman–Crippen MR) is 267 cm³/mol. The van der Waals surface area contributed by atoms with Gasteiger partial charge in [0, 0.05) is 0 Å². The lowest BCUT2D eigenvalue weighted by Gasteiger charge is -2.31. The molecule has 0 saturated carbocycles. The van der Waals surface area contributed by atoms with Crippen LogP contribution in [0.5, 0.6) is 0 Å². The van der Waals surface area contributed by atoms with Crippen LogP contribution in [0.25, 0.3) is 109 Å². The maximum absolute atomic E-state index is 2.57. The second-order valence-electron chi connectivity index (χ2n) is 17.4. The van der Waals surface area contributed by atoms with Crippen LogP contribution in [0.2, 0.25) is 0 Å². The smallest absolute Gasteiger partial charge is 0.0619 e. The van der Waals surface area contributed by atoms with E-state index in [-0.39, 0.29) is 0 Å². The number of hydrogen-bond donors (Lipinski definition) is 0. The van der Waals surface area contributed by atoms with Crippen LogP contribution in [-0.2, 0) is 5.41 Å². The van der Waals surface area contributed by atoms with Crippen LogP contribution in [0, 0.1) is 0 Å². The quantitative estimate of drug-likeness (QED) is 0.156. The molecular weight excluding hydrogens is 757 g/mol. The molecule has 1 spiro atoms. The summed E-state index contributed by atoms with van der Waals surface area (Å²) in [6.07, 6.45) is 0. The molecule has 2 aliphatic rings. The maximum atomic E-state index is 2.57. The summed E-state index contributed by atoms with van der Waals surface area (Å²) in [5, 5.41) is 12.7. The molecule has 0 heteroatoms. The van der Waals surface area contributed by atoms with E-state index in [2.05, 4.69) is 231 Å². The van der Waals surface area contributed by atoms with Gasteiger partial charge in [-0.15, -0.1) is 0 Å². The largest absolute Gasteiger partial charge is 0.0726 e. The van der Waals surface area contributed by atoms with E-state index in [0.717, 1.165) is 0 Å². The standard InChI is InChI=1S/C63H38/c1-3-22-43-39(17-1)19-16-32-48(43)60-52-30-9-7-28-50(52)59(51-29-8-10-31-53(51)60)42-21-15-20-41(37-42)54-38-58-62(49-27-6-5-24-45(49)54)61-44-23-4-2-18-40(44)35-36-57(61)63(58)55-33-13-11-25-46(55)47-26-12-14-34-56(47)63/h1-38H. The zero-order chi connectivity index (χ0) is 41.2. The van der Waals surface area contributed by atoms with Crippen LogP contribution in [0.3, 0.4) is 0 Å². The third kappa shape index (κ3) is 4.60. The molecule has 0 atom stereocenters. The molecule has 0 aliphatic heterocycles. The van der Waals surface area contributed by atoms with Crippen molar-refractivity contribution in [2.45, 2.75) is 5.41 Å². The molecule has 0 N–H and O–H groups in total. The number of hydrogen-bond acceptors (Lipinski definition) is 0. The summed E-state index contributed by atoms with van der Waals surface area (Å²) in [5.74, 6) is 0. The zero-order valence-electron chi connectivity index (χ0n) is 34.4. The van der Waals surface area contributed by atoms with Gasteiger partial charge in [0.1, 0.15) is 0 Å². The average Bonchev–Trinajstić information content (AvgIpc) is 3.83. The molecule has 0 saturated heterocycles. The Morgan fingerprint density at radius 2 is 0.651 bits per heavy atom. The second-order valence-corrected chi connectivity index (χ2v) is 17.4. The lowest BCUT2D eigenvalue weighted by atomic mass is 9.70. The summed E-state index contributed by atoms with van der Waals surface area (Å²) in [6, 6.07) is 86.7. The summed E-state index contributed by atoms with van der Waals surface area (Å²) in [6.45, 7) is 0. The molecule has 12 aromatic rings. The maximum Gasteiger partial charge on any atom is 0.0726 e. The molecule has 14 rings (SSSR count). The van der Waals surface area contributed by atoms with Crippen LogP contribution in [0.4, 0.5) is 0 Å². The average molecular weight is 795 g/mol. The molecule has 0 bridgehead atoms. The Labute approximate surface area is 366 Å². The van der Waals surface area contributed by atoms with Gasteiger partial charge >= 0.3 is 0 Å². The minimum Gasteiger partial charge on any atom is -0.0619 e. The van der Waals surface area contributed by atoms with E-state index in [1.165, 1.54) is 132 Å². The first-order chi connectivity index (χ1) is 31.3. The Balaban J connectivity index is 1.07. The fourth-order valence-electron chi connectivity index (χ4n) is 12.0. The van der Waals surface area contributed by atoms with E-state index in [4.69, 9.17) is 0 Å². The number of rotatable bonds is 3. The van der Waals surface area contributed by atoms with E-state index < -0.39 is 5.41 Å². The summed E-state index contributed by atoms with van der Waals surface area (Å²) in [5.41, 5.74) is 17.9. The highest BCUT2D eigenvalue weighted by molar-refractivity contribution is 6.24.